The van der Waals surface area contributed by atoms with Crippen molar-refractivity contribution in [3.05, 3.63) is 0 Å². The average Bonchev–Trinajstić information content (AvgIpc) is 2.49. The maximum Gasteiger partial charge on any atom is 0.317 e. The van der Waals surface area contributed by atoms with Crippen LogP contribution in [-0.2, 0) is 4.79 Å². The minimum atomic E-state index is -0.789. The van der Waals surface area contributed by atoms with E-state index in [1.54, 1.807) is 0 Å². The lowest BCUT2D eigenvalue weighted by atomic mass is 9.80. The number of carbonyl (C=O) groups is 2. The van der Waals surface area contributed by atoms with E-state index >= 15 is 0 Å². The molecule has 0 bridgehead atoms. The number of carboxylic acid groups (broad SMARTS) is 1. The Bertz CT molecular complexity index is 415. The number of carboxylic acids is 1. The highest BCUT2D eigenvalue weighted by atomic mass is 16.4. The van der Waals surface area contributed by atoms with E-state index in [9.17, 15) is 9.59 Å². The molecule has 6 heteroatoms. The molecule has 0 aromatic rings. The molecule has 0 unspecified atom stereocenters. The lowest BCUT2D eigenvalue weighted by Gasteiger charge is -2.43. The van der Waals surface area contributed by atoms with E-state index in [1.165, 1.54) is 19.3 Å². The SMILES string of the molecule is CCN(CC(=O)O)C1CC(NC(=O)NC2(CC)CCCCC2)C1. The van der Waals surface area contributed by atoms with Gasteiger partial charge in [-0.3, -0.25) is 9.69 Å². The molecule has 2 rings (SSSR count). The third-order valence-electron chi connectivity index (χ3n) is 5.58. The molecule has 0 heterocycles. The van der Waals surface area contributed by atoms with Crippen LogP contribution in [0.1, 0.15) is 65.2 Å². The Morgan fingerprint density at radius 1 is 1.17 bits per heavy atom. The molecule has 23 heavy (non-hydrogen) atoms. The van der Waals surface area contributed by atoms with Gasteiger partial charge < -0.3 is 15.7 Å². The predicted octanol–water partition coefficient (Wildman–Crippen LogP) is 2.34. The monoisotopic (exact) mass is 325 g/mol. The summed E-state index contributed by atoms with van der Waals surface area (Å²) in [5, 5.41) is 15.2. The molecule has 2 aliphatic carbocycles. The van der Waals surface area contributed by atoms with Crippen LogP contribution < -0.4 is 10.6 Å². The van der Waals surface area contributed by atoms with E-state index in [-0.39, 0.29) is 30.2 Å². The molecule has 2 saturated carbocycles. The second kappa shape index (κ2) is 7.99. The van der Waals surface area contributed by atoms with Gasteiger partial charge in [0.1, 0.15) is 0 Å². The first-order valence-electron chi connectivity index (χ1n) is 9.02. The van der Waals surface area contributed by atoms with Gasteiger partial charge in [-0.2, -0.15) is 0 Å². The molecule has 2 fully saturated rings. The number of hydrogen-bond acceptors (Lipinski definition) is 3. The van der Waals surface area contributed by atoms with Gasteiger partial charge in [-0.05, 0) is 38.6 Å². The van der Waals surface area contributed by atoms with Crippen molar-refractivity contribution in [2.45, 2.75) is 82.8 Å². The summed E-state index contributed by atoms with van der Waals surface area (Å²) in [6, 6.07) is 0.384. The number of likely N-dealkylation sites (N-methyl/N-ethyl adjacent to an activating group) is 1. The van der Waals surface area contributed by atoms with Crippen molar-refractivity contribution in [3.8, 4) is 0 Å². The van der Waals surface area contributed by atoms with E-state index in [4.69, 9.17) is 5.11 Å². The maximum absolute atomic E-state index is 12.3. The number of urea groups is 1. The van der Waals surface area contributed by atoms with E-state index in [0.29, 0.717) is 0 Å². The Hall–Kier alpha value is -1.30. The molecule has 2 aliphatic rings. The van der Waals surface area contributed by atoms with Crippen molar-refractivity contribution in [2.24, 2.45) is 0 Å². The van der Waals surface area contributed by atoms with E-state index in [2.05, 4.69) is 17.6 Å². The Kier molecular flexibility index (Phi) is 6.27. The molecule has 0 atom stereocenters. The number of carbonyl (C=O) groups excluding carboxylic acids is 1. The van der Waals surface area contributed by atoms with Crippen LogP contribution in [0, 0.1) is 0 Å². The second-order valence-electron chi connectivity index (χ2n) is 7.07. The molecular formula is C17H31N3O3. The highest BCUT2D eigenvalue weighted by molar-refractivity contribution is 5.75. The fourth-order valence-corrected chi connectivity index (χ4v) is 3.93. The van der Waals surface area contributed by atoms with Gasteiger partial charge in [0.15, 0.2) is 0 Å². The Balaban J connectivity index is 1.74. The second-order valence-corrected chi connectivity index (χ2v) is 7.07. The summed E-state index contributed by atoms with van der Waals surface area (Å²) in [4.78, 5) is 25.1. The molecule has 0 aromatic carbocycles. The van der Waals surface area contributed by atoms with Crippen molar-refractivity contribution in [3.63, 3.8) is 0 Å². The minimum absolute atomic E-state index is 0.0236. The van der Waals surface area contributed by atoms with Crippen LogP contribution in [0.4, 0.5) is 4.79 Å². The molecule has 0 saturated heterocycles. The van der Waals surface area contributed by atoms with Crippen molar-refractivity contribution < 1.29 is 14.7 Å². The summed E-state index contributed by atoms with van der Waals surface area (Å²) in [5.41, 5.74) is -0.0236. The molecule has 3 N–H and O–H groups in total. The number of amides is 2. The number of aliphatic carboxylic acids is 1. The van der Waals surface area contributed by atoms with Crippen molar-refractivity contribution in [1.82, 2.24) is 15.5 Å². The first-order chi connectivity index (χ1) is 11.0. The van der Waals surface area contributed by atoms with Gasteiger partial charge in [0.25, 0.3) is 0 Å². The number of nitrogens with one attached hydrogen (secondary N) is 2. The summed E-state index contributed by atoms with van der Waals surface area (Å²) in [5.74, 6) is -0.789. The summed E-state index contributed by atoms with van der Waals surface area (Å²) in [7, 11) is 0. The third kappa shape index (κ3) is 4.83. The van der Waals surface area contributed by atoms with Crippen LogP contribution in [0.3, 0.4) is 0 Å². The quantitative estimate of drug-likeness (QED) is 0.671. The fraction of sp³-hybridized carbons (Fsp3) is 0.882. The zero-order chi connectivity index (χ0) is 16.9. The summed E-state index contributed by atoms with van der Waals surface area (Å²) >= 11 is 0. The van der Waals surface area contributed by atoms with Gasteiger partial charge in [0, 0.05) is 17.6 Å². The summed E-state index contributed by atoms with van der Waals surface area (Å²) in [6.45, 7) is 4.94. The van der Waals surface area contributed by atoms with Gasteiger partial charge in [-0.1, -0.05) is 33.1 Å². The van der Waals surface area contributed by atoms with Gasteiger partial charge in [0.05, 0.1) is 6.54 Å². The average molecular weight is 325 g/mol. The maximum atomic E-state index is 12.3. The molecule has 0 aliphatic heterocycles. The number of rotatable bonds is 7. The Labute approximate surface area is 139 Å². The van der Waals surface area contributed by atoms with E-state index in [0.717, 1.165) is 38.6 Å². The standard InChI is InChI=1S/C17H31N3O3/c1-3-17(8-6-5-7-9-17)19-16(23)18-13-10-14(11-13)20(4-2)12-15(21)22/h13-14H,3-12H2,1-2H3,(H,21,22)(H2,18,19,23). The van der Waals surface area contributed by atoms with Gasteiger partial charge >= 0.3 is 12.0 Å². The van der Waals surface area contributed by atoms with Crippen molar-refractivity contribution >= 4 is 12.0 Å². The molecule has 2 amide bonds. The summed E-state index contributed by atoms with van der Waals surface area (Å²) < 4.78 is 0. The fourth-order valence-electron chi connectivity index (χ4n) is 3.93. The van der Waals surface area contributed by atoms with E-state index in [1.807, 2.05) is 11.8 Å². The lowest BCUT2D eigenvalue weighted by Crippen LogP contribution is -2.59. The molecule has 6 nitrogen and oxygen atoms in total. The van der Waals surface area contributed by atoms with Gasteiger partial charge in [-0.25, -0.2) is 4.79 Å². The summed E-state index contributed by atoms with van der Waals surface area (Å²) in [6.07, 6.45) is 8.47. The molecule has 0 spiro atoms. The number of nitrogens with zero attached hydrogens (tertiary/aromatic N) is 1. The Morgan fingerprint density at radius 2 is 1.83 bits per heavy atom. The first kappa shape index (κ1) is 18.0. The van der Waals surface area contributed by atoms with Gasteiger partial charge in [0.2, 0.25) is 0 Å². The van der Waals surface area contributed by atoms with Crippen LogP contribution in [0.2, 0.25) is 0 Å². The Morgan fingerprint density at radius 3 is 2.35 bits per heavy atom. The number of hydrogen-bond donors (Lipinski definition) is 3. The smallest absolute Gasteiger partial charge is 0.317 e. The normalized spacial score (nSPS) is 26.4. The predicted molar refractivity (Wildman–Crippen MR) is 89.5 cm³/mol. The lowest BCUT2D eigenvalue weighted by molar-refractivity contribution is -0.139. The highest BCUT2D eigenvalue weighted by Gasteiger charge is 2.36. The molecule has 0 aromatic heterocycles. The third-order valence-corrected chi connectivity index (χ3v) is 5.58. The van der Waals surface area contributed by atoms with Crippen LogP contribution in [0.5, 0.6) is 0 Å². The zero-order valence-corrected chi connectivity index (χ0v) is 14.4. The van der Waals surface area contributed by atoms with Gasteiger partial charge in [-0.15, -0.1) is 0 Å². The zero-order valence-electron chi connectivity index (χ0n) is 14.4. The van der Waals surface area contributed by atoms with Crippen LogP contribution in [-0.4, -0.2) is 52.7 Å². The van der Waals surface area contributed by atoms with Crippen molar-refractivity contribution in [1.29, 1.82) is 0 Å². The van der Waals surface area contributed by atoms with Crippen molar-refractivity contribution in [2.75, 3.05) is 13.1 Å². The largest absolute Gasteiger partial charge is 0.480 e. The van der Waals surface area contributed by atoms with Crippen LogP contribution >= 0.6 is 0 Å². The van der Waals surface area contributed by atoms with Crippen LogP contribution in [0.15, 0.2) is 0 Å². The minimum Gasteiger partial charge on any atom is -0.480 e. The highest BCUT2D eigenvalue weighted by Crippen LogP contribution is 2.31. The molecule has 0 radical (unpaired) electrons. The van der Waals surface area contributed by atoms with E-state index < -0.39 is 5.97 Å². The molecular weight excluding hydrogens is 294 g/mol. The topological polar surface area (TPSA) is 81.7 Å². The van der Waals surface area contributed by atoms with Crippen LogP contribution in [0.25, 0.3) is 0 Å². The molecule has 132 valence electrons. The first-order valence-corrected chi connectivity index (χ1v) is 9.02.